The Kier molecular flexibility index (Phi) is 4.74. The molecule has 0 aliphatic carbocycles. The normalized spacial score (nSPS) is 11.7. The summed E-state index contributed by atoms with van der Waals surface area (Å²) in [5.41, 5.74) is -1.16. The van der Waals surface area contributed by atoms with Crippen LogP contribution in [0, 0.1) is 20.2 Å². The van der Waals surface area contributed by atoms with Gasteiger partial charge in [0.05, 0.1) is 21.5 Å². The molecule has 110 valence electrons. The van der Waals surface area contributed by atoms with Crippen LogP contribution in [0.3, 0.4) is 0 Å². The Hall–Kier alpha value is -2.06. The summed E-state index contributed by atoms with van der Waals surface area (Å²) in [5, 5.41) is 31.3. The molecular formula is C12H17N3O5. The summed E-state index contributed by atoms with van der Waals surface area (Å²) >= 11 is 0. The lowest BCUT2D eigenvalue weighted by Gasteiger charge is -2.25. The summed E-state index contributed by atoms with van der Waals surface area (Å²) in [6, 6.07) is 3.56. The molecule has 0 unspecified atom stereocenters. The molecule has 8 heteroatoms. The highest BCUT2D eigenvalue weighted by Gasteiger charge is 2.22. The molecule has 0 amide bonds. The van der Waals surface area contributed by atoms with Crippen molar-refractivity contribution in [3.63, 3.8) is 0 Å². The number of aliphatic hydroxyl groups is 1. The van der Waals surface area contributed by atoms with E-state index >= 15 is 0 Å². The van der Waals surface area contributed by atoms with Crippen LogP contribution >= 0.6 is 0 Å². The molecule has 0 radical (unpaired) electrons. The van der Waals surface area contributed by atoms with Crippen LogP contribution in [0.4, 0.5) is 11.4 Å². The molecule has 0 aromatic heterocycles. The topological polar surface area (TPSA) is 110 Å². The Labute approximate surface area is 115 Å². The van der Waals surface area contributed by atoms with Gasteiger partial charge in [0.15, 0.2) is 0 Å². The Bertz CT molecular complexity index is 524. The molecule has 0 aliphatic rings. The molecule has 1 aromatic carbocycles. The van der Waals surface area contributed by atoms with E-state index in [0.29, 0.717) is 12.1 Å². The number of benzene rings is 1. The molecule has 0 saturated carbocycles. The Morgan fingerprint density at radius 1 is 1.25 bits per heavy atom. The molecule has 1 aromatic rings. The van der Waals surface area contributed by atoms with Crippen molar-refractivity contribution < 1.29 is 15.0 Å². The number of non-ortho nitro benzene ring substituents is 1. The van der Waals surface area contributed by atoms with Gasteiger partial charge in [-0.05, 0) is 27.0 Å². The number of rotatable bonds is 6. The molecule has 0 aliphatic heterocycles. The standard InChI is InChI=1S/C12H17N3O5/c1-12(2,16)8-13(3)7-9-4-5-10(14(17)18)6-11(9)15(19)20/h4-6,16H,7-8H2,1-3H3. The molecule has 0 saturated heterocycles. The zero-order valence-electron chi connectivity index (χ0n) is 11.6. The average Bonchev–Trinajstić information content (AvgIpc) is 2.25. The van der Waals surface area contributed by atoms with E-state index in [0.717, 1.165) is 6.07 Å². The van der Waals surface area contributed by atoms with E-state index in [1.54, 1.807) is 25.8 Å². The number of likely N-dealkylation sites (N-methyl/N-ethyl adjacent to an activating group) is 1. The van der Waals surface area contributed by atoms with E-state index in [9.17, 15) is 25.3 Å². The third-order valence-electron chi connectivity index (χ3n) is 2.57. The Morgan fingerprint density at radius 2 is 1.85 bits per heavy atom. The van der Waals surface area contributed by atoms with Crippen LogP contribution in [0.2, 0.25) is 0 Å². The summed E-state index contributed by atoms with van der Waals surface area (Å²) in [5.74, 6) is 0. The van der Waals surface area contributed by atoms with E-state index < -0.39 is 15.4 Å². The minimum absolute atomic E-state index is 0.221. The third kappa shape index (κ3) is 4.56. The number of hydrogen-bond donors (Lipinski definition) is 1. The summed E-state index contributed by atoms with van der Waals surface area (Å²) in [7, 11) is 1.71. The van der Waals surface area contributed by atoms with Crippen molar-refractivity contribution in [1.29, 1.82) is 0 Å². The summed E-state index contributed by atoms with van der Waals surface area (Å²) in [6.45, 7) is 3.81. The second-order valence-corrected chi connectivity index (χ2v) is 5.31. The largest absolute Gasteiger partial charge is 0.389 e. The average molecular weight is 283 g/mol. The maximum atomic E-state index is 11.0. The van der Waals surface area contributed by atoms with Crippen LogP contribution in [0.25, 0.3) is 0 Å². The van der Waals surface area contributed by atoms with Crippen LogP contribution in [-0.4, -0.2) is 39.0 Å². The molecular weight excluding hydrogens is 266 g/mol. The molecule has 0 fully saturated rings. The molecule has 20 heavy (non-hydrogen) atoms. The number of nitrogens with zero attached hydrogens (tertiary/aromatic N) is 3. The number of hydrogen-bond acceptors (Lipinski definition) is 6. The van der Waals surface area contributed by atoms with E-state index in [-0.39, 0.29) is 17.9 Å². The quantitative estimate of drug-likeness (QED) is 0.628. The fraction of sp³-hybridized carbons (Fsp3) is 0.500. The van der Waals surface area contributed by atoms with Gasteiger partial charge >= 0.3 is 0 Å². The van der Waals surface area contributed by atoms with Gasteiger partial charge in [0.25, 0.3) is 11.4 Å². The molecule has 1 N–H and O–H groups in total. The van der Waals surface area contributed by atoms with E-state index in [1.165, 1.54) is 12.1 Å². The van der Waals surface area contributed by atoms with Crippen molar-refractivity contribution in [3.8, 4) is 0 Å². The van der Waals surface area contributed by atoms with Gasteiger partial charge in [-0.3, -0.25) is 25.1 Å². The molecule has 0 atom stereocenters. The second kappa shape index (κ2) is 5.93. The zero-order valence-corrected chi connectivity index (χ0v) is 11.6. The maximum Gasteiger partial charge on any atom is 0.280 e. The van der Waals surface area contributed by atoms with Gasteiger partial charge in [0, 0.05) is 24.7 Å². The predicted molar refractivity (Wildman–Crippen MR) is 72.4 cm³/mol. The van der Waals surface area contributed by atoms with E-state index in [1.807, 2.05) is 0 Å². The molecule has 8 nitrogen and oxygen atoms in total. The highest BCUT2D eigenvalue weighted by molar-refractivity contribution is 5.49. The molecule has 1 rings (SSSR count). The monoisotopic (exact) mass is 283 g/mol. The lowest BCUT2D eigenvalue weighted by molar-refractivity contribution is -0.394. The first-order valence-electron chi connectivity index (χ1n) is 5.93. The lowest BCUT2D eigenvalue weighted by Crippen LogP contribution is -2.35. The van der Waals surface area contributed by atoms with Gasteiger partial charge in [-0.2, -0.15) is 0 Å². The van der Waals surface area contributed by atoms with Crippen LogP contribution in [0.15, 0.2) is 18.2 Å². The van der Waals surface area contributed by atoms with E-state index in [2.05, 4.69) is 0 Å². The first-order valence-corrected chi connectivity index (χ1v) is 5.93. The van der Waals surface area contributed by atoms with Gasteiger partial charge in [-0.25, -0.2) is 0 Å². The predicted octanol–water partition coefficient (Wildman–Crippen LogP) is 1.71. The van der Waals surface area contributed by atoms with Crippen LogP contribution < -0.4 is 0 Å². The summed E-state index contributed by atoms with van der Waals surface area (Å²) in [6.07, 6.45) is 0. The van der Waals surface area contributed by atoms with Crippen LogP contribution in [0.1, 0.15) is 19.4 Å². The molecule has 0 bridgehead atoms. The second-order valence-electron chi connectivity index (χ2n) is 5.31. The van der Waals surface area contributed by atoms with Crippen molar-refractivity contribution in [2.45, 2.75) is 26.0 Å². The SMILES string of the molecule is CN(Cc1ccc([N+](=O)[O-])cc1[N+](=O)[O-])CC(C)(C)O. The van der Waals surface area contributed by atoms with Gasteiger partial charge < -0.3 is 5.11 Å². The smallest absolute Gasteiger partial charge is 0.280 e. The van der Waals surface area contributed by atoms with Crippen molar-refractivity contribution >= 4 is 11.4 Å². The van der Waals surface area contributed by atoms with Gasteiger partial charge in [0.2, 0.25) is 0 Å². The van der Waals surface area contributed by atoms with Gasteiger partial charge in [-0.15, -0.1) is 0 Å². The fourth-order valence-corrected chi connectivity index (χ4v) is 1.98. The summed E-state index contributed by atoms with van der Waals surface area (Å²) < 4.78 is 0. The minimum Gasteiger partial charge on any atom is -0.389 e. The highest BCUT2D eigenvalue weighted by atomic mass is 16.6. The molecule has 0 spiro atoms. The zero-order chi connectivity index (χ0) is 15.5. The fourth-order valence-electron chi connectivity index (χ4n) is 1.98. The number of nitro groups is 2. The first kappa shape index (κ1) is 16.0. The summed E-state index contributed by atoms with van der Waals surface area (Å²) in [4.78, 5) is 22.0. The Balaban J connectivity index is 3.00. The van der Waals surface area contributed by atoms with Crippen LogP contribution in [0.5, 0.6) is 0 Å². The lowest BCUT2D eigenvalue weighted by atomic mass is 10.1. The van der Waals surface area contributed by atoms with Crippen LogP contribution in [-0.2, 0) is 6.54 Å². The van der Waals surface area contributed by atoms with Crippen molar-refractivity contribution in [3.05, 3.63) is 44.0 Å². The van der Waals surface area contributed by atoms with Crippen molar-refractivity contribution in [1.82, 2.24) is 4.90 Å². The molecule has 0 heterocycles. The van der Waals surface area contributed by atoms with Gasteiger partial charge in [0.1, 0.15) is 0 Å². The van der Waals surface area contributed by atoms with Crippen molar-refractivity contribution in [2.75, 3.05) is 13.6 Å². The van der Waals surface area contributed by atoms with Crippen molar-refractivity contribution in [2.24, 2.45) is 0 Å². The van der Waals surface area contributed by atoms with Gasteiger partial charge in [-0.1, -0.05) is 0 Å². The first-order chi connectivity index (χ1) is 9.10. The maximum absolute atomic E-state index is 11.0. The minimum atomic E-state index is -0.926. The van der Waals surface area contributed by atoms with E-state index in [4.69, 9.17) is 0 Å². The number of nitro benzene ring substituents is 2. The Morgan fingerprint density at radius 3 is 2.30 bits per heavy atom. The third-order valence-corrected chi connectivity index (χ3v) is 2.57. The highest BCUT2D eigenvalue weighted by Crippen LogP contribution is 2.25.